The molecule has 0 atom stereocenters. The van der Waals surface area contributed by atoms with Crippen molar-refractivity contribution in [1.82, 2.24) is 4.98 Å². The first-order valence-electron chi connectivity index (χ1n) is 4.33. The lowest BCUT2D eigenvalue weighted by Crippen LogP contribution is -1.90. The molecular weight excluding hydrogens is 197 g/mol. The van der Waals surface area contributed by atoms with Gasteiger partial charge in [0.15, 0.2) is 5.82 Å². The van der Waals surface area contributed by atoms with Gasteiger partial charge < -0.3 is 9.84 Å². The third-order valence-electron chi connectivity index (χ3n) is 1.78. The van der Waals surface area contributed by atoms with E-state index >= 15 is 0 Å². The van der Waals surface area contributed by atoms with Gasteiger partial charge in [-0.3, -0.25) is 0 Å². The molecule has 0 spiro atoms. The minimum Gasteiger partial charge on any atom is -0.508 e. The summed E-state index contributed by atoms with van der Waals surface area (Å²) in [5.41, 5.74) is 0. The summed E-state index contributed by atoms with van der Waals surface area (Å²) in [5, 5.41) is 9.03. The maximum atomic E-state index is 13.1. The maximum Gasteiger partial charge on any atom is 0.255 e. The van der Waals surface area contributed by atoms with Gasteiger partial charge in [-0.05, 0) is 36.4 Å². The van der Waals surface area contributed by atoms with E-state index in [0.29, 0.717) is 5.75 Å². The van der Waals surface area contributed by atoms with Gasteiger partial charge in [0.2, 0.25) is 0 Å². The first-order chi connectivity index (χ1) is 7.25. The van der Waals surface area contributed by atoms with Crippen LogP contribution >= 0.6 is 0 Å². The molecule has 0 bridgehead atoms. The second-order valence-corrected chi connectivity index (χ2v) is 2.89. The van der Waals surface area contributed by atoms with Crippen LogP contribution in [0.15, 0.2) is 42.6 Å². The van der Waals surface area contributed by atoms with E-state index in [9.17, 15) is 4.39 Å². The van der Waals surface area contributed by atoms with Gasteiger partial charge in [0.05, 0.1) is 0 Å². The van der Waals surface area contributed by atoms with Crippen LogP contribution in [0, 0.1) is 5.82 Å². The lowest BCUT2D eigenvalue weighted by molar-refractivity contribution is 0.420. The zero-order chi connectivity index (χ0) is 10.7. The Morgan fingerprint density at radius 1 is 1.13 bits per heavy atom. The summed E-state index contributed by atoms with van der Waals surface area (Å²) >= 11 is 0. The number of phenols is 1. The quantitative estimate of drug-likeness (QED) is 0.819. The number of hydrogen-bond acceptors (Lipinski definition) is 3. The number of rotatable bonds is 2. The van der Waals surface area contributed by atoms with Crippen molar-refractivity contribution < 1.29 is 14.2 Å². The van der Waals surface area contributed by atoms with Crippen LogP contribution in [0.25, 0.3) is 0 Å². The topological polar surface area (TPSA) is 42.4 Å². The monoisotopic (exact) mass is 205 g/mol. The number of halogens is 1. The molecule has 1 aromatic heterocycles. The number of hydrogen-bond donors (Lipinski definition) is 1. The van der Waals surface area contributed by atoms with Gasteiger partial charge >= 0.3 is 0 Å². The van der Waals surface area contributed by atoms with Gasteiger partial charge in [-0.2, -0.15) is 0 Å². The molecule has 76 valence electrons. The van der Waals surface area contributed by atoms with Crippen molar-refractivity contribution in [2.75, 3.05) is 0 Å². The molecule has 0 aliphatic rings. The summed E-state index contributed by atoms with van der Waals surface area (Å²) in [7, 11) is 0. The second-order valence-electron chi connectivity index (χ2n) is 2.89. The summed E-state index contributed by atoms with van der Waals surface area (Å²) in [6, 6.07) is 8.72. The molecule has 3 nitrogen and oxygen atoms in total. The van der Waals surface area contributed by atoms with Gasteiger partial charge in [0.1, 0.15) is 11.5 Å². The van der Waals surface area contributed by atoms with Crippen LogP contribution in [0.3, 0.4) is 0 Å². The molecule has 2 aromatic rings. The summed E-state index contributed by atoms with van der Waals surface area (Å²) < 4.78 is 18.3. The van der Waals surface area contributed by atoms with Crippen molar-refractivity contribution in [1.29, 1.82) is 0 Å². The van der Waals surface area contributed by atoms with E-state index in [-0.39, 0.29) is 11.6 Å². The Bertz CT molecular complexity index is 456. The fourth-order valence-corrected chi connectivity index (χ4v) is 1.07. The fourth-order valence-electron chi connectivity index (χ4n) is 1.07. The van der Waals surface area contributed by atoms with Crippen LogP contribution < -0.4 is 4.74 Å². The first-order valence-corrected chi connectivity index (χ1v) is 4.33. The van der Waals surface area contributed by atoms with Crippen molar-refractivity contribution in [3.63, 3.8) is 0 Å². The van der Waals surface area contributed by atoms with Crippen molar-refractivity contribution in [2.24, 2.45) is 0 Å². The standard InChI is InChI=1S/C11H8FNO2/c12-10-2-1-7-13-11(10)15-9-5-3-8(14)4-6-9/h1-7,14H. The molecule has 0 aliphatic heterocycles. The lowest BCUT2D eigenvalue weighted by Gasteiger charge is -2.04. The van der Waals surface area contributed by atoms with Crippen LogP contribution in [-0.2, 0) is 0 Å². The maximum absolute atomic E-state index is 13.1. The number of nitrogens with zero attached hydrogens (tertiary/aromatic N) is 1. The summed E-state index contributed by atoms with van der Waals surface area (Å²) in [6.45, 7) is 0. The SMILES string of the molecule is Oc1ccc(Oc2ncccc2F)cc1. The zero-order valence-corrected chi connectivity index (χ0v) is 7.72. The minimum absolute atomic E-state index is 0.0804. The van der Waals surface area contributed by atoms with Crippen molar-refractivity contribution >= 4 is 0 Å². The van der Waals surface area contributed by atoms with Crippen LogP contribution in [0.2, 0.25) is 0 Å². The predicted molar refractivity (Wildman–Crippen MR) is 52.4 cm³/mol. The molecule has 1 aromatic carbocycles. The number of aromatic nitrogens is 1. The molecule has 0 unspecified atom stereocenters. The molecule has 15 heavy (non-hydrogen) atoms. The van der Waals surface area contributed by atoms with Gasteiger partial charge in [-0.25, -0.2) is 9.37 Å². The molecule has 0 saturated heterocycles. The highest BCUT2D eigenvalue weighted by Gasteiger charge is 2.04. The second kappa shape index (κ2) is 3.96. The highest BCUT2D eigenvalue weighted by atomic mass is 19.1. The van der Waals surface area contributed by atoms with E-state index in [2.05, 4.69) is 4.98 Å². The van der Waals surface area contributed by atoms with Gasteiger partial charge in [-0.1, -0.05) is 0 Å². The van der Waals surface area contributed by atoms with E-state index in [1.165, 1.54) is 42.6 Å². The third-order valence-corrected chi connectivity index (χ3v) is 1.78. The van der Waals surface area contributed by atoms with E-state index in [0.717, 1.165) is 0 Å². The molecule has 0 fully saturated rings. The molecule has 1 N–H and O–H groups in total. The average Bonchev–Trinajstić information content (AvgIpc) is 2.25. The molecule has 0 amide bonds. The largest absolute Gasteiger partial charge is 0.508 e. The fraction of sp³-hybridized carbons (Fsp3) is 0. The number of pyridine rings is 1. The molecule has 0 radical (unpaired) electrons. The van der Waals surface area contributed by atoms with Crippen LogP contribution in [0.5, 0.6) is 17.4 Å². The number of ether oxygens (including phenoxy) is 1. The Kier molecular flexibility index (Phi) is 2.49. The highest BCUT2D eigenvalue weighted by Crippen LogP contribution is 2.23. The summed E-state index contributed by atoms with van der Waals surface area (Å²) in [4.78, 5) is 3.74. The Balaban J connectivity index is 2.22. The smallest absolute Gasteiger partial charge is 0.255 e. The molecule has 2 rings (SSSR count). The van der Waals surface area contributed by atoms with Gasteiger partial charge in [0.25, 0.3) is 5.88 Å². The van der Waals surface area contributed by atoms with Crippen molar-refractivity contribution in [3.8, 4) is 17.4 Å². The van der Waals surface area contributed by atoms with Crippen LogP contribution in [0.4, 0.5) is 4.39 Å². The zero-order valence-electron chi connectivity index (χ0n) is 7.72. The highest BCUT2D eigenvalue weighted by molar-refractivity contribution is 5.32. The summed E-state index contributed by atoms with van der Waals surface area (Å²) in [5.74, 6) is -0.0528. The Labute approximate surface area is 85.8 Å². The third kappa shape index (κ3) is 2.22. The van der Waals surface area contributed by atoms with E-state index < -0.39 is 5.82 Å². The minimum atomic E-state index is -0.523. The van der Waals surface area contributed by atoms with Gasteiger partial charge in [-0.15, -0.1) is 0 Å². The molecule has 4 heteroatoms. The predicted octanol–water partition coefficient (Wildman–Crippen LogP) is 2.72. The summed E-state index contributed by atoms with van der Waals surface area (Å²) in [6.07, 6.45) is 1.44. The van der Waals surface area contributed by atoms with E-state index in [1.807, 2.05) is 0 Å². The van der Waals surface area contributed by atoms with Crippen LogP contribution in [-0.4, -0.2) is 10.1 Å². The Hall–Kier alpha value is -2.10. The number of phenolic OH excluding ortho intramolecular Hbond substituents is 1. The van der Waals surface area contributed by atoms with Gasteiger partial charge in [0, 0.05) is 6.20 Å². The Morgan fingerprint density at radius 3 is 2.53 bits per heavy atom. The van der Waals surface area contributed by atoms with E-state index in [1.54, 1.807) is 0 Å². The first kappa shape index (κ1) is 9.45. The van der Waals surface area contributed by atoms with Crippen molar-refractivity contribution in [3.05, 3.63) is 48.4 Å². The van der Waals surface area contributed by atoms with Crippen molar-refractivity contribution in [2.45, 2.75) is 0 Å². The normalized spacial score (nSPS) is 9.93. The van der Waals surface area contributed by atoms with E-state index in [4.69, 9.17) is 9.84 Å². The number of benzene rings is 1. The molecular formula is C11H8FNO2. The lowest BCUT2D eigenvalue weighted by atomic mass is 10.3. The average molecular weight is 205 g/mol. The molecule has 1 heterocycles. The molecule has 0 aliphatic carbocycles. The van der Waals surface area contributed by atoms with Crippen LogP contribution in [0.1, 0.15) is 0 Å². The number of aromatic hydroxyl groups is 1. The Morgan fingerprint density at radius 2 is 1.87 bits per heavy atom. The molecule has 0 saturated carbocycles.